The zero-order chi connectivity index (χ0) is 20.9. The molecule has 0 saturated carbocycles. The fourth-order valence-electron chi connectivity index (χ4n) is 3.76. The number of fused-ring (bicyclic) bond motifs is 1. The van der Waals surface area contributed by atoms with E-state index in [1.54, 1.807) is 18.2 Å². The van der Waals surface area contributed by atoms with Gasteiger partial charge in [-0.25, -0.2) is 0 Å². The average Bonchev–Trinajstić information content (AvgIpc) is 2.78. The van der Waals surface area contributed by atoms with Crippen molar-refractivity contribution >= 4 is 17.3 Å². The van der Waals surface area contributed by atoms with E-state index in [1.807, 2.05) is 42.5 Å². The average molecular weight is 401 g/mol. The van der Waals surface area contributed by atoms with Crippen molar-refractivity contribution in [1.29, 1.82) is 0 Å². The first kappa shape index (κ1) is 19.8. The van der Waals surface area contributed by atoms with E-state index in [-0.39, 0.29) is 5.91 Å². The van der Waals surface area contributed by atoms with Gasteiger partial charge in [0.1, 0.15) is 0 Å². The molecule has 6 nitrogen and oxygen atoms in total. The van der Waals surface area contributed by atoms with Crippen LogP contribution in [0.25, 0.3) is 0 Å². The number of carbonyl (C=O) groups is 1. The molecule has 0 radical (unpaired) electrons. The van der Waals surface area contributed by atoms with Gasteiger partial charge in [-0.3, -0.25) is 9.69 Å². The van der Waals surface area contributed by atoms with Gasteiger partial charge in [0.05, 0.1) is 4.91 Å². The number of nitroso groups, excluding NO2 is 1. The highest BCUT2D eigenvalue weighted by Gasteiger charge is 2.19. The molecule has 4 rings (SSSR count). The third-order valence-electron chi connectivity index (χ3n) is 5.50. The van der Waals surface area contributed by atoms with Crippen molar-refractivity contribution in [2.75, 3.05) is 18.4 Å². The molecule has 0 aromatic heterocycles. The predicted octanol–water partition coefficient (Wildman–Crippen LogP) is 3.82. The summed E-state index contributed by atoms with van der Waals surface area (Å²) in [6.45, 7) is 2.76. The maximum atomic E-state index is 12.2. The summed E-state index contributed by atoms with van der Waals surface area (Å²) in [6.07, 6.45) is 1.90. The monoisotopic (exact) mass is 401 g/mol. The van der Waals surface area contributed by atoms with E-state index in [4.69, 9.17) is 5.84 Å². The van der Waals surface area contributed by atoms with Gasteiger partial charge in [0.15, 0.2) is 4.87 Å². The minimum Gasteiger partial charge on any atom is -0.322 e. The van der Waals surface area contributed by atoms with E-state index in [2.05, 4.69) is 22.3 Å². The summed E-state index contributed by atoms with van der Waals surface area (Å²) in [4.78, 5) is 26.4. The van der Waals surface area contributed by atoms with Crippen molar-refractivity contribution in [2.45, 2.75) is 19.4 Å². The van der Waals surface area contributed by atoms with Crippen molar-refractivity contribution in [3.8, 4) is 0 Å². The van der Waals surface area contributed by atoms with Crippen LogP contribution in [-0.2, 0) is 19.4 Å². The summed E-state index contributed by atoms with van der Waals surface area (Å²) < 4.78 is 0. The molecule has 0 unspecified atom stereocenters. The predicted molar refractivity (Wildman–Crippen MR) is 117 cm³/mol. The Bertz CT molecular complexity index is 1050. The van der Waals surface area contributed by atoms with E-state index in [1.165, 1.54) is 16.7 Å². The number of hydrogen-bond acceptors (Lipinski definition) is 3. The van der Waals surface area contributed by atoms with E-state index < -0.39 is 0 Å². The molecule has 0 aliphatic carbocycles. The fraction of sp³-hybridized carbons (Fsp3) is 0.208. The number of amides is 1. The van der Waals surface area contributed by atoms with Gasteiger partial charge in [-0.1, -0.05) is 36.4 Å². The number of rotatable bonds is 6. The Morgan fingerprint density at radius 3 is 2.50 bits per heavy atom. The third kappa shape index (κ3) is 4.72. The van der Waals surface area contributed by atoms with Gasteiger partial charge in [-0.2, -0.15) is 5.84 Å². The number of nitrogens with one attached hydrogen (secondary N) is 1. The summed E-state index contributed by atoms with van der Waals surface area (Å²) in [5.74, 6) is 5.22. The number of anilines is 1. The maximum absolute atomic E-state index is 12.2. The number of carbonyl (C=O) groups excluding carboxylic acids is 1. The van der Waals surface area contributed by atoms with Gasteiger partial charge in [-0.15, -0.1) is 0 Å². The molecule has 0 atom stereocenters. The van der Waals surface area contributed by atoms with Crippen LogP contribution in [0.15, 0.2) is 72.8 Å². The van der Waals surface area contributed by atoms with Crippen molar-refractivity contribution in [3.05, 3.63) is 100.0 Å². The highest BCUT2D eigenvalue weighted by molar-refractivity contribution is 6.04. The van der Waals surface area contributed by atoms with Crippen LogP contribution in [0.1, 0.15) is 27.0 Å². The van der Waals surface area contributed by atoms with E-state index in [9.17, 15) is 9.70 Å². The van der Waals surface area contributed by atoms with Crippen LogP contribution in [-0.4, -0.2) is 28.8 Å². The number of hydrazine groups is 1. The van der Waals surface area contributed by atoms with Crippen molar-refractivity contribution in [2.24, 2.45) is 5.84 Å². The summed E-state index contributed by atoms with van der Waals surface area (Å²) in [7, 11) is 0. The molecular formula is C24H25N4O2+. The van der Waals surface area contributed by atoms with Crippen LogP contribution in [0, 0.1) is 4.91 Å². The lowest BCUT2D eigenvalue weighted by molar-refractivity contribution is -0.474. The maximum Gasteiger partial charge on any atom is 0.291 e. The molecular weight excluding hydrogens is 376 g/mol. The molecule has 1 heterocycles. The number of nitrogens with zero attached hydrogens (tertiary/aromatic N) is 2. The summed E-state index contributed by atoms with van der Waals surface area (Å²) in [6, 6.07) is 22.9. The van der Waals surface area contributed by atoms with Gasteiger partial charge in [0, 0.05) is 43.0 Å². The van der Waals surface area contributed by atoms with Crippen LogP contribution in [0.3, 0.4) is 0 Å². The lowest BCUT2D eigenvalue weighted by Gasteiger charge is -2.28. The molecule has 0 fully saturated rings. The lowest BCUT2D eigenvalue weighted by atomic mass is 9.98. The first-order chi connectivity index (χ1) is 14.6. The molecule has 3 aromatic carbocycles. The summed E-state index contributed by atoms with van der Waals surface area (Å²) in [5, 5.41) is 2.93. The van der Waals surface area contributed by atoms with E-state index in [0.29, 0.717) is 16.1 Å². The molecule has 1 aliphatic rings. The van der Waals surface area contributed by atoms with E-state index in [0.717, 1.165) is 38.2 Å². The SMILES string of the molecule is N[N+](=O)c1ccc2c(c1)CN(CCc1ccc(NC(=O)c3ccccc3)cc1)CC2. The topological polar surface area (TPSA) is 78.4 Å². The zero-order valence-corrected chi connectivity index (χ0v) is 16.8. The Labute approximate surface area is 175 Å². The Balaban J connectivity index is 1.32. The first-order valence-electron chi connectivity index (χ1n) is 10.1. The van der Waals surface area contributed by atoms with E-state index >= 15 is 0 Å². The van der Waals surface area contributed by atoms with Crippen LogP contribution < -0.4 is 11.2 Å². The smallest absolute Gasteiger partial charge is 0.291 e. The molecule has 0 spiro atoms. The second-order valence-corrected chi connectivity index (χ2v) is 7.57. The fourth-order valence-corrected chi connectivity index (χ4v) is 3.76. The van der Waals surface area contributed by atoms with Crippen molar-refractivity contribution in [3.63, 3.8) is 0 Å². The zero-order valence-electron chi connectivity index (χ0n) is 16.8. The third-order valence-corrected chi connectivity index (χ3v) is 5.50. The highest BCUT2D eigenvalue weighted by atomic mass is 16.3. The molecule has 3 N–H and O–H groups in total. The normalized spacial score (nSPS) is 13.5. The minimum atomic E-state index is -0.108. The second-order valence-electron chi connectivity index (χ2n) is 7.57. The van der Waals surface area contributed by atoms with Gasteiger partial charge >= 0.3 is 0 Å². The standard InChI is InChI=1S/C24H24N4O2/c25-28(30)23-11-8-19-13-15-27(17-21(19)16-23)14-12-18-6-9-22(10-7-18)26-24(29)20-4-2-1-3-5-20/h1-11,16H,12-15,17H2,(H2-,25,26,29,30)/p+1. The molecule has 0 saturated heterocycles. The lowest BCUT2D eigenvalue weighted by Crippen LogP contribution is -2.32. The van der Waals surface area contributed by atoms with Gasteiger partial charge in [0.2, 0.25) is 0 Å². The summed E-state index contributed by atoms with van der Waals surface area (Å²) >= 11 is 0. The molecule has 0 bridgehead atoms. The van der Waals surface area contributed by atoms with Gasteiger partial charge < -0.3 is 5.32 Å². The van der Waals surface area contributed by atoms with Crippen LogP contribution >= 0.6 is 0 Å². The minimum absolute atomic E-state index is 0.108. The molecule has 152 valence electrons. The molecule has 3 aromatic rings. The molecule has 1 amide bonds. The van der Waals surface area contributed by atoms with Crippen molar-refractivity contribution in [1.82, 2.24) is 4.90 Å². The van der Waals surface area contributed by atoms with Crippen LogP contribution in [0.2, 0.25) is 0 Å². The Morgan fingerprint density at radius 1 is 1.00 bits per heavy atom. The molecule has 30 heavy (non-hydrogen) atoms. The quantitative estimate of drug-likeness (QED) is 0.374. The van der Waals surface area contributed by atoms with Crippen LogP contribution in [0.4, 0.5) is 11.4 Å². The van der Waals surface area contributed by atoms with Gasteiger partial charge in [-0.05, 0) is 53.8 Å². The molecule has 6 heteroatoms. The second kappa shape index (κ2) is 8.88. The summed E-state index contributed by atoms with van der Waals surface area (Å²) in [5.41, 5.74) is 5.60. The van der Waals surface area contributed by atoms with Gasteiger partial charge in [0.25, 0.3) is 11.6 Å². The Hall–Kier alpha value is -3.51. The van der Waals surface area contributed by atoms with Crippen molar-refractivity contribution < 1.29 is 9.66 Å². The molecule has 1 aliphatic heterocycles. The Kier molecular flexibility index (Phi) is 5.86. The number of benzene rings is 3. The first-order valence-corrected chi connectivity index (χ1v) is 10.1. The number of hydrogen-bond donors (Lipinski definition) is 2. The largest absolute Gasteiger partial charge is 0.322 e. The Morgan fingerprint density at radius 2 is 1.77 bits per heavy atom. The number of nitrogens with two attached hydrogens (primary N) is 1. The van der Waals surface area contributed by atoms with Crippen LogP contribution in [0.5, 0.6) is 0 Å². The highest BCUT2D eigenvalue weighted by Crippen LogP contribution is 2.23.